The van der Waals surface area contributed by atoms with E-state index < -0.39 is 11.8 Å². The maximum Gasteiger partial charge on any atom is 0.270 e. The molecule has 8 nitrogen and oxygen atoms in total. The number of benzene rings is 4. The lowest BCUT2D eigenvalue weighted by molar-refractivity contribution is -0.122. The van der Waals surface area contributed by atoms with Crippen LogP contribution >= 0.6 is 12.2 Å². The molecule has 42 heavy (non-hydrogen) atoms. The quantitative estimate of drug-likeness (QED) is 0.106. The fraction of sp³-hybridized carbons (Fsp3) is 0.0303. The number of hydrogen-bond donors (Lipinski definition) is 1. The Morgan fingerprint density at radius 2 is 1.55 bits per heavy atom. The number of carbonyl (C=O) groups is 3. The summed E-state index contributed by atoms with van der Waals surface area (Å²) in [4.78, 5) is 40.5. The third-order valence-corrected chi connectivity index (χ3v) is 6.89. The Morgan fingerprint density at radius 1 is 0.857 bits per heavy atom. The van der Waals surface area contributed by atoms with E-state index in [-0.39, 0.29) is 22.2 Å². The maximum absolute atomic E-state index is 13.5. The first-order valence-corrected chi connectivity index (χ1v) is 13.3. The molecule has 9 heteroatoms. The summed E-state index contributed by atoms with van der Waals surface area (Å²) < 4.78 is 16.8. The number of para-hydroxylation sites is 1. The van der Waals surface area contributed by atoms with Gasteiger partial charge in [-0.15, -0.1) is 0 Å². The highest BCUT2D eigenvalue weighted by Crippen LogP contribution is 2.28. The number of amides is 2. The van der Waals surface area contributed by atoms with Crippen molar-refractivity contribution in [1.82, 2.24) is 5.32 Å². The summed E-state index contributed by atoms with van der Waals surface area (Å²) in [6.07, 6.45) is 1.48. The molecule has 2 amide bonds. The number of carbonyl (C=O) groups excluding carboxylic acids is 3. The van der Waals surface area contributed by atoms with E-state index >= 15 is 0 Å². The number of furan rings is 1. The van der Waals surface area contributed by atoms with Crippen LogP contribution in [0.25, 0.3) is 17.0 Å². The number of methoxy groups -OCH3 is 1. The van der Waals surface area contributed by atoms with Crippen LogP contribution in [0.15, 0.2) is 113 Å². The van der Waals surface area contributed by atoms with Gasteiger partial charge >= 0.3 is 0 Å². The van der Waals surface area contributed by atoms with E-state index in [1.54, 1.807) is 79.9 Å². The number of anilines is 1. The minimum absolute atomic E-state index is 0.0224. The fourth-order valence-corrected chi connectivity index (χ4v) is 4.78. The normalized spacial score (nSPS) is 14.3. The summed E-state index contributed by atoms with van der Waals surface area (Å²) in [6, 6.07) is 29.6. The van der Waals surface area contributed by atoms with E-state index in [0.29, 0.717) is 45.0 Å². The molecule has 2 heterocycles. The molecule has 1 N–H and O–H groups in total. The van der Waals surface area contributed by atoms with Crippen LogP contribution in [0, 0.1) is 0 Å². The van der Waals surface area contributed by atoms with Crippen LogP contribution in [0.5, 0.6) is 17.2 Å². The van der Waals surface area contributed by atoms with Gasteiger partial charge in [-0.25, -0.2) is 0 Å². The number of ether oxygens (including phenoxy) is 2. The number of ketones is 1. The Hall–Kier alpha value is -5.54. The first-order valence-electron chi connectivity index (χ1n) is 12.9. The molecule has 1 aliphatic rings. The van der Waals surface area contributed by atoms with E-state index in [1.165, 1.54) is 11.0 Å². The van der Waals surface area contributed by atoms with Crippen LogP contribution < -0.4 is 19.7 Å². The summed E-state index contributed by atoms with van der Waals surface area (Å²) in [6.45, 7) is 0. The Balaban J connectivity index is 1.24. The molecule has 206 valence electrons. The molecule has 6 rings (SSSR count). The van der Waals surface area contributed by atoms with Gasteiger partial charge in [0.2, 0.25) is 5.78 Å². The topological polar surface area (TPSA) is 98.1 Å². The zero-order valence-corrected chi connectivity index (χ0v) is 23.0. The van der Waals surface area contributed by atoms with Crippen molar-refractivity contribution in [1.29, 1.82) is 0 Å². The second-order valence-corrected chi connectivity index (χ2v) is 9.72. The average molecular weight is 575 g/mol. The van der Waals surface area contributed by atoms with Gasteiger partial charge in [-0.1, -0.05) is 24.3 Å². The molecule has 0 spiro atoms. The SMILES string of the molecule is COc1ccc(C(=O)c2cc3cc(C=C4C(=O)NC(=S)N(c5ccc(Oc6ccccc6)cc5)C4=O)ccc3o2)cc1. The lowest BCUT2D eigenvalue weighted by Crippen LogP contribution is -2.54. The molecule has 1 aromatic heterocycles. The zero-order chi connectivity index (χ0) is 29.2. The maximum atomic E-state index is 13.5. The summed E-state index contributed by atoms with van der Waals surface area (Å²) in [5.74, 6) is 0.625. The third-order valence-electron chi connectivity index (χ3n) is 6.60. The fourth-order valence-electron chi connectivity index (χ4n) is 4.49. The first-order chi connectivity index (χ1) is 20.4. The number of rotatable bonds is 7. The molecule has 5 aromatic rings. The Morgan fingerprint density at radius 3 is 2.26 bits per heavy atom. The lowest BCUT2D eigenvalue weighted by atomic mass is 10.0. The van der Waals surface area contributed by atoms with E-state index in [1.807, 2.05) is 30.3 Å². The van der Waals surface area contributed by atoms with Crippen LogP contribution in [-0.2, 0) is 9.59 Å². The largest absolute Gasteiger partial charge is 0.497 e. The minimum Gasteiger partial charge on any atom is -0.497 e. The van der Waals surface area contributed by atoms with E-state index in [4.69, 9.17) is 26.1 Å². The molecule has 0 saturated carbocycles. The number of hydrogen-bond acceptors (Lipinski definition) is 7. The van der Waals surface area contributed by atoms with Gasteiger partial charge in [0.05, 0.1) is 12.8 Å². The molecule has 0 bridgehead atoms. The summed E-state index contributed by atoms with van der Waals surface area (Å²) >= 11 is 5.33. The Labute approximate surface area is 245 Å². The van der Waals surface area contributed by atoms with Gasteiger partial charge in [-0.3, -0.25) is 24.6 Å². The average Bonchev–Trinajstić information content (AvgIpc) is 3.44. The monoisotopic (exact) mass is 574 g/mol. The predicted octanol–water partition coefficient (Wildman–Crippen LogP) is 6.30. The Kier molecular flexibility index (Phi) is 7.08. The van der Waals surface area contributed by atoms with Gasteiger partial charge in [-0.05, 0) is 103 Å². The van der Waals surface area contributed by atoms with Crippen LogP contribution in [0.4, 0.5) is 5.69 Å². The summed E-state index contributed by atoms with van der Waals surface area (Å²) in [5.41, 5.74) is 1.91. The van der Waals surface area contributed by atoms with Gasteiger partial charge in [0, 0.05) is 10.9 Å². The molecule has 0 unspecified atom stereocenters. The smallest absolute Gasteiger partial charge is 0.270 e. The number of nitrogens with zero attached hydrogens (tertiary/aromatic N) is 1. The van der Waals surface area contributed by atoms with Crippen molar-refractivity contribution in [2.24, 2.45) is 0 Å². The zero-order valence-electron chi connectivity index (χ0n) is 22.2. The number of nitrogens with one attached hydrogen (secondary N) is 1. The molecular formula is C33H22N2O6S. The van der Waals surface area contributed by atoms with E-state index in [2.05, 4.69) is 5.32 Å². The van der Waals surface area contributed by atoms with Gasteiger partial charge in [-0.2, -0.15) is 0 Å². The Bertz CT molecular complexity index is 1880. The first kappa shape index (κ1) is 26.7. The molecule has 0 aliphatic carbocycles. The standard InChI is InChI=1S/C33H22N2O6S/c1-39-24-12-8-21(9-13-24)30(36)29-19-22-17-20(7-16-28(22)41-29)18-27-31(37)34-33(42)35(32(27)38)23-10-14-26(15-11-23)40-25-5-3-2-4-6-25/h2-19H,1H3,(H,34,37,42). The van der Waals surface area contributed by atoms with Gasteiger partial charge in [0.15, 0.2) is 10.9 Å². The highest BCUT2D eigenvalue weighted by atomic mass is 32.1. The van der Waals surface area contributed by atoms with Crippen LogP contribution in [0.3, 0.4) is 0 Å². The van der Waals surface area contributed by atoms with Crippen molar-refractivity contribution < 1.29 is 28.3 Å². The second kappa shape index (κ2) is 11.1. The van der Waals surface area contributed by atoms with Crippen LogP contribution in [0.1, 0.15) is 21.7 Å². The molecule has 4 aromatic carbocycles. The molecule has 1 aliphatic heterocycles. The van der Waals surface area contributed by atoms with Gasteiger partial charge in [0.25, 0.3) is 11.8 Å². The highest BCUT2D eigenvalue weighted by molar-refractivity contribution is 7.80. The third kappa shape index (κ3) is 5.28. The van der Waals surface area contributed by atoms with E-state index in [0.717, 1.165) is 0 Å². The highest BCUT2D eigenvalue weighted by Gasteiger charge is 2.34. The van der Waals surface area contributed by atoms with Crippen LogP contribution in [0.2, 0.25) is 0 Å². The molecule has 0 atom stereocenters. The summed E-state index contributed by atoms with van der Waals surface area (Å²) in [5, 5.41) is 3.21. The molecule has 1 saturated heterocycles. The second-order valence-electron chi connectivity index (χ2n) is 9.33. The molecular weight excluding hydrogens is 552 g/mol. The van der Waals surface area contributed by atoms with Crippen molar-refractivity contribution in [3.8, 4) is 17.2 Å². The van der Waals surface area contributed by atoms with Crippen molar-refractivity contribution in [2.75, 3.05) is 12.0 Å². The number of fused-ring (bicyclic) bond motifs is 1. The molecule has 1 fully saturated rings. The van der Waals surface area contributed by atoms with Crippen molar-refractivity contribution in [3.63, 3.8) is 0 Å². The minimum atomic E-state index is -0.604. The van der Waals surface area contributed by atoms with Crippen molar-refractivity contribution in [2.45, 2.75) is 0 Å². The number of thiocarbonyl (C=S) groups is 1. The van der Waals surface area contributed by atoms with Gasteiger partial charge < -0.3 is 13.9 Å². The van der Waals surface area contributed by atoms with Crippen LogP contribution in [-0.4, -0.2) is 29.8 Å². The van der Waals surface area contributed by atoms with Gasteiger partial charge in [0.1, 0.15) is 28.4 Å². The summed E-state index contributed by atoms with van der Waals surface area (Å²) in [7, 11) is 1.55. The molecule has 0 radical (unpaired) electrons. The van der Waals surface area contributed by atoms with Crippen molar-refractivity contribution in [3.05, 3.63) is 126 Å². The van der Waals surface area contributed by atoms with Crippen molar-refractivity contribution >= 4 is 57.7 Å². The lowest BCUT2D eigenvalue weighted by Gasteiger charge is -2.29. The predicted molar refractivity (Wildman–Crippen MR) is 162 cm³/mol. The van der Waals surface area contributed by atoms with E-state index in [9.17, 15) is 14.4 Å².